The van der Waals surface area contributed by atoms with Crippen LogP contribution in [0.2, 0.25) is 118 Å². The average molecular weight is 728 g/mol. The van der Waals surface area contributed by atoms with Gasteiger partial charge in [-0.3, -0.25) is 0 Å². The van der Waals surface area contributed by atoms with Gasteiger partial charge < -0.3 is 0 Å². The molecule has 0 saturated carbocycles. The highest BCUT2D eigenvalue weighted by Crippen LogP contribution is 2.18. The van der Waals surface area contributed by atoms with Crippen LogP contribution in [0.3, 0.4) is 0 Å². The maximum Gasteiger partial charge on any atom is 0.247 e. The summed E-state index contributed by atoms with van der Waals surface area (Å²) in [5.74, 6) is 0. The van der Waals surface area contributed by atoms with Crippen LogP contribution in [0.15, 0.2) is 54.6 Å². The number of hydrogen-bond acceptors (Lipinski definition) is 0. The van der Waals surface area contributed by atoms with Gasteiger partial charge in [-0.2, -0.15) is 0 Å². The molecule has 0 aliphatic heterocycles. The Bertz CT molecular complexity index is 1330. The van der Waals surface area contributed by atoms with E-state index in [9.17, 15) is 0 Å². The number of benzene rings is 3. The summed E-state index contributed by atoms with van der Waals surface area (Å²) in [6.07, 6.45) is 0. The van der Waals surface area contributed by atoms with Crippen molar-refractivity contribution in [3.8, 4) is 0 Å². The van der Waals surface area contributed by atoms with Gasteiger partial charge in [0.25, 0.3) is 0 Å². The van der Waals surface area contributed by atoms with Crippen LogP contribution >= 0.6 is 11.1 Å². The lowest BCUT2D eigenvalue weighted by Crippen LogP contribution is -2.78. The van der Waals surface area contributed by atoms with Gasteiger partial charge >= 0.3 is 0 Å². The fourth-order valence-corrected chi connectivity index (χ4v) is 25.0. The van der Waals surface area contributed by atoms with Crippen LogP contribution in [0.5, 0.6) is 0 Å². The summed E-state index contributed by atoms with van der Waals surface area (Å²) in [6, 6.07) is 22.9. The van der Waals surface area contributed by atoms with Crippen molar-refractivity contribution < 1.29 is 0 Å². The van der Waals surface area contributed by atoms with Crippen LogP contribution in [0, 0.1) is 0 Å². The normalized spacial score (nSPS) is 14.2. The van der Waals surface area contributed by atoms with Crippen molar-refractivity contribution in [3.63, 3.8) is 0 Å². The van der Waals surface area contributed by atoms with Gasteiger partial charge in [0.2, 0.25) is 7.38 Å². The summed E-state index contributed by atoms with van der Waals surface area (Å²) in [4.78, 5) is 0. The minimum Gasteiger partial charge on any atom is -0.149 e. The summed E-state index contributed by atoms with van der Waals surface area (Å²) in [5.41, 5.74) is 0. The predicted octanol–water partition coefficient (Wildman–Crippen LogP) is 6.16. The Morgan fingerprint density at radius 2 is 0.500 bits per heavy atom. The third kappa shape index (κ3) is 7.94. The number of rotatable bonds is 9. The average Bonchev–Trinajstić information content (AvgIpc) is 2.84. The first kappa shape index (κ1) is 37.9. The van der Waals surface area contributed by atoms with E-state index in [-0.39, 0.29) is 0 Å². The first-order chi connectivity index (χ1) is 19.5. The van der Waals surface area contributed by atoms with Gasteiger partial charge in [-0.25, -0.2) is 0 Å². The molecule has 0 aliphatic rings. The molecule has 0 aliphatic carbocycles. The maximum atomic E-state index is 8.79. The molecule has 0 nitrogen and oxygen atoms in total. The third-order valence-corrected chi connectivity index (χ3v) is 27.5. The van der Waals surface area contributed by atoms with E-state index < -0.39 is 55.8 Å². The molecule has 0 unspecified atom stereocenters. The smallest absolute Gasteiger partial charge is 0.149 e. The van der Waals surface area contributed by atoms with E-state index in [0.717, 1.165) is 0 Å². The van der Waals surface area contributed by atoms with E-state index in [1.54, 1.807) is 31.1 Å². The standard InChI is InChI=1S/C36H63ClSi7/c1-38(2,3)28-19-22-31(34(25-28)41(10,11)12)44(37,32-23-20-29(39(4,5)6)26-35(32)42(13,14)15)33-24-21-30(40(7,8)9)27-36(33)43(16,17)18/h19-27H,1-18H3. The molecule has 0 saturated heterocycles. The SMILES string of the molecule is C[Si](C)(C)c1ccc([Si](Cl)(c2ccc([Si](C)(C)C)cc2[Si](C)(C)C)c2ccc([Si](C)(C)C)cc2[Si](C)(C)C)c([Si](C)(C)C)c1. The van der Waals surface area contributed by atoms with Crippen molar-refractivity contribution in [1.29, 1.82) is 0 Å². The highest BCUT2D eigenvalue weighted by Gasteiger charge is 2.47. The zero-order valence-corrected chi connectivity index (χ0v) is 39.3. The minimum absolute atomic E-state index is 1.47. The van der Waals surface area contributed by atoms with Crippen molar-refractivity contribution in [2.45, 2.75) is 118 Å². The molecular formula is C36H63ClSi7. The molecule has 242 valence electrons. The molecule has 0 aromatic heterocycles. The first-order valence-corrected chi connectivity index (χ1v) is 40.7. The molecule has 0 atom stereocenters. The molecule has 3 aromatic carbocycles. The molecule has 0 amide bonds. The highest BCUT2D eigenvalue weighted by molar-refractivity contribution is 7.43. The van der Waals surface area contributed by atoms with E-state index in [4.69, 9.17) is 11.1 Å². The fraction of sp³-hybridized carbons (Fsp3) is 0.500. The van der Waals surface area contributed by atoms with Gasteiger partial charge in [0.1, 0.15) is 0 Å². The van der Waals surface area contributed by atoms with Crippen LogP contribution in [0.4, 0.5) is 0 Å². The highest BCUT2D eigenvalue weighted by atomic mass is 35.6. The molecule has 3 rings (SSSR count). The molecule has 3 aromatic rings. The molecule has 0 radical (unpaired) electrons. The zero-order valence-electron chi connectivity index (χ0n) is 31.6. The van der Waals surface area contributed by atoms with Gasteiger partial charge in [0.15, 0.2) is 0 Å². The lowest BCUT2D eigenvalue weighted by molar-refractivity contribution is 1.66. The second-order valence-corrected chi connectivity index (χ2v) is 54.4. The summed E-state index contributed by atoms with van der Waals surface area (Å²) >= 11 is 8.79. The third-order valence-electron chi connectivity index (χ3n) is 9.19. The van der Waals surface area contributed by atoms with Crippen LogP contribution < -0.4 is 46.7 Å². The van der Waals surface area contributed by atoms with Gasteiger partial charge in [0.05, 0.1) is 48.4 Å². The Labute approximate surface area is 284 Å². The van der Waals surface area contributed by atoms with Crippen LogP contribution in [-0.2, 0) is 0 Å². The monoisotopic (exact) mass is 726 g/mol. The predicted molar refractivity (Wildman–Crippen MR) is 228 cm³/mol. The molecule has 0 fully saturated rings. The molecule has 44 heavy (non-hydrogen) atoms. The largest absolute Gasteiger partial charge is 0.247 e. The Balaban J connectivity index is 2.69. The van der Waals surface area contributed by atoms with E-state index in [0.29, 0.717) is 0 Å². The Hall–Kier alpha value is -0.532. The molecule has 0 bridgehead atoms. The summed E-state index contributed by atoms with van der Waals surface area (Å²) in [7, 11) is -12.8. The topological polar surface area (TPSA) is 0 Å². The van der Waals surface area contributed by atoms with Crippen molar-refractivity contribution in [2.24, 2.45) is 0 Å². The number of hydrogen-bond donors (Lipinski definition) is 0. The first-order valence-electron chi connectivity index (χ1n) is 16.7. The lowest BCUT2D eigenvalue weighted by Gasteiger charge is -2.39. The van der Waals surface area contributed by atoms with E-state index in [1.807, 2.05) is 0 Å². The number of halogens is 1. The van der Waals surface area contributed by atoms with Gasteiger partial charge in [-0.1, -0.05) is 204 Å². The van der Waals surface area contributed by atoms with Gasteiger partial charge in [-0.05, 0) is 15.6 Å². The molecular weight excluding hydrogens is 664 g/mol. The summed E-state index contributed by atoms with van der Waals surface area (Å²) in [6.45, 7) is 45.2. The lowest BCUT2D eigenvalue weighted by atomic mass is 10.3. The molecule has 8 heteroatoms. The summed E-state index contributed by atoms with van der Waals surface area (Å²) in [5, 5.41) is 13.9. The minimum atomic E-state index is -2.96. The van der Waals surface area contributed by atoms with Crippen molar-refractivity contribution in [1.82, 2.24) is 0 Å². The molecule has 0 spiro atoms. The van der Waals surface area contributed by atoms with Gasteiger partial charge in [0, 0.05) is 0 Å². The van der Waals surface area contributed by atoms with Crippen molar-refractivity contribution in [3.05, 3.63) is 54.6 Å². The second-order valence-electron chi connectivity index (χ2n) is 19.4. The van der Waals surface area contributed by atoms with Crippen molar-refractivity contribution in [2.75, 3.05) is 0 Å². The van der Waals surface area contributed by atoms with Crippen LogP contribution in [0.1, 0.15) is 0 Å². The Morgan fingerprint density at radius 3 is 0.659 bits per heavy atom. The Morgan fingerprint density at radius 1 is 0.295 bits per heavy atom. The molecule has 0 heterocycles. The van der Waals surface area contributed by atoms with Crippen molar-refractivity contribution >= 4 is 114 Å². The van der Waals surface area contributed by atoms with E-state index in [1.165, 1.54) is 15.6 Å². The van der Waals surface area contributed by atoms with Crippen LogP contribution in [-0.4, -0.2) is 55.8 Å². The zero-order chi connectivity index (χ0) is 34.1. The van der Waals surface area contributed by atoms with E-state index >= 15 is 0 Å². The van der Waals surface area contributed by atoms with Gasteiger partial charge in [-0.15, -0.1) is 11.1 Å². The molecule has 0 N–H and O–H groups in total. The second kappa shape index (κ2) is 12.2. The fourth-order valence-electron chi connectivity index (χ4n) is 6.23. The van der Waals surface area contributed by atoms with Crippen LogP contribution in [0.25, 0.3) is 0 Å². The Kier molecular flexibility index (Phi) is 10.5. The maximum absolute atomic E-state index is 8.79. The quantitative estimate of drug-likeness (QED) is 0.141. The van der Waals surface area contributed by atoms with E-state index in [2.05, 4.69) is 172 Å². The summed E-state index contributed by atoms with van der Waals surface area (Å²) < 4.78 is 0.